The first-order chi connectivity index (χ1) is 5.76. The van der Waals surface area contributed by atoms with Crippen LogP contribution < -0.4 is 16.4 Å². The lowest BCUT2D eigenvalue weighted by molar-refractivity contribution is -0.123. The Balaban J connectivity index is 3.71. The molecule has 0 spiro atoms. The molecule has 0 aliphatic rings. The molecular weight excluding hydrogens is 154 g/mol. The molecule has 0 rings (SSSR count). The topological polar surface area (TPSA) is 67.2 Å². The van der Waals surface area contributed by atoms with Crippen molar-refractivity contribution in [2.24, 2.45) is 5.73 Å². The van der Waals surface area contributed by atoms with Crippen LogP contribution in [0.4, 0.5) is 0 Å². The van der Waals surface area contributed by atoms with Crippen molar-refractivity contribution in [2.45, 2.75) is 25.8 Å². The van der Waals surface area contributed by atoms with E-state index in [0.717, 1.165) is 12.8 Å². The van der Waals surface area contributed by atoms with Crippen LogP contribution in [0.1, 0.15) is 19.8 Å². The molecule has 1 amide bonds. The number of nitrogens with two attached hydrogens (primary N) is 1. The fraction of sp³-hybridized carbons (Fsp3) is 0.875. The van der Waals surface area contributed by atoms with Gasteiger partial charge in [0.25, 0.3) is 0 Å². The molecule has 0 fully saturated rings. The predicted molar refractivity (Wildman–Crippen MR) is 49.8 cm³/mol. The van der Waals surface area contributed by atoms with Gasteiger partial charge in [0.2, 0.25) is 5.91 Å². The Kier molecular flexibility index (Phi) is 6.70. The average molecular weight is 173 g/mol. The van der Waals surface area contributed by atoms with Crippen LogP contribution in [0.15, 0.2) is 0 Å². The molecule has 12 heavy (non-hydrogen) atoms. The van der Waals surface area contributed by atoms with Crippen LogP contribution in [0.3, 0.4) is 0 Å². The highest BCUT2D eigenvalue weighted by Crippen LogP contribution is 1.94. The highest BCUT2D eigenvalue weighted by Gasteiger charge is 2.13. The van der Waals surface area contributed by atoms with E-state index in [1.165, 1.54) is 0 Å². The summed E-state index contributed by atoms with van der Waals surface area (Å²) in [5.74, 6) is 0.0634. The molecule has 0 aliphatic heterocycles. The van der Waals surface area contributed by atoms with Crippen molar-refractivity contribution in [1.29, 1.82) is 0 Å². The second-order valence-corrected chi connectivity index (χ2v) is 2.67. The minimum absolute atomic E-state index is 0.0634. The van der Waals surface area contributed by atoms with E-state index in [9.17, 15) is 4.79 Å². The maximum Gasteiger partial charge on any atom is 0.237 e. The first kappa shape index (κ1) is 11.4. The van der Waals surface area contributed by atoms with Gasteiger partial charge in [-0.15, -0.1) is 0 Å². The molecular formula is C8H19N3O. The van der Waals surface area contributed by atoms with Crippen molar-refractivity contribution in [2.75, 3.05) is 20.1 Å². The Morgan fingerprint density at radius 2 is 2.25 bits per heavy atom. The Morgan fingerprint density at radius 1 is 1.58 bits per heavy atom. The minimum Gasteiger partial charge on any atom is -0.355 e. The van der Waals surface area contributed by atoms with Gasteiger partial charge in [-0.05, 0) is 33.4 Å². The van der Waals surface area contributed by atoms with Gasteiger partial charge in [-0.3, -0.25) is 4.79 Å². The lowest BCUT2D eigenvalue weighted by Crippen LogP contribution is -2.42. The zero-order valence-corrected chi connectivity index (χ0v) is 7.89. The normalized spacial score (nSPS) is 12.6. The molecule has 0 saturated carbocycles. The fourth-order valence-corrected chi connectivity index (χ4v) is 1.03. The van der Waals surface area contributed by atoms with Crippen LogP contribution in [0.2, 0.25) is 0 Å². The number of likely N-dealkylation sites (N-methyl/N-ethyl adjacent to an activating group) is 2. The third-order valence-corrected chi connectivity index (χ3v) is 1.71. The number of carbonyl (C=O) groups is 1. The molecule has 0 bridgehead atoms. The molecule has 1 unspecified atom stereocenters. The highest BCUT2D eigenvalue weighted by molar-refractivity contribution is 5.81. The van der Waals surface area contributed by atoms with Gasteiger partial charge in [-0.2, -0.15) is 0 Å². The fourth-order valence-electron chi connectivity index (χ4n) is 1.03. The van der Waals surface area contributed by atoms with Gasteiger partial charge in [0, 0.05) is 6.54 Å². The Morgan fingerprint density at radius 3 is 2.67 bits per heavy atom. The molecule has 0 aromatic carbocycles. The van der Waals surface area contributed by atoms with E-state index in [0.29, 0.717) is 13.1 Å². The van der Waals surface area contributed by atoms with Gasteiger partial charge < -0.3 is 16.4 Å². The maximum absolute atomic E-state index is 11.3. The van der Waals surface area contributed by atoms with Gasteiger partial charge in [-0.25, -0.2) is 0 Å². The first-order valence-electron chi connectivity index (χ1n) is 4.41. The standard InChI is InChI=1S/C8H19N3O/c1-3-11-8(12)7(10-2)5-4-6-9/h7,10H,3-6,9H2,1-2H3,(H,11,12). The van der Waals surface area contributed by atoms with Gasteiger partial charge in [0.15, 0.2) is 0 Å². The first-order valence-corrected chi connectivity index (χ1v) is 4.41. The van der Waals surface area contributed by atoms with Gasteiger partial charge >= 0.3 is 0 Å². The van der Waals surface area contributed by atoms with E-state index in [-0.39, 0.29) is 11.9 Å². The summed E-state index contributed by atoms with van der Waals surface area (Å²) >= 11 is 0. The van der Waals surface area contributed by atoms with Gasteiger partial charge in [0.05, 0.1) is 6.04 Å². The minimum atomic E-state index is -0.0894. The molecule has 0 saturated heterocycles. The van der Waals surface area contributed by atoms with Crippen molar-refractivity contribution < 1.29 is 4.79 Å². The number of amides is 1. The molecule has 4 nitrogen and oxygen atoms in total. The lowest BCUT2D eigenvalue weighted by atomic mass is 10.1. The summed E-state index contributed by atoms with van der Waals surface area (Å²) in [4.78, 5) is 11.3. The Labute approximate surface area is 73.9 Å². The SMILES string of the molecule is CCNC(=O)C(CCCN)NC. The maximum atomic E-state index is 11.3. The van der Waals surface area contributed by atoms with E-state index < -0.39 is 0 Å². The van der Waals surface area contributed by atoms with Crippen molar-refractivity contribution in [3.63, 3.8) is 0 Å². The van der Waals surface area contributed by atoms with Crippen LogP contribution in [-0.2, 0) is 4.79 Å². The summed E-state index contributed by atoms with van der Waals surface area (Å²) in [7, 11) is 1.79. The summed E-state index contributed by atoms with van der Waals surface area (Å²) in [6, 6.07) is -0.0894. The van der Waals surface area contributed by atoms with E-state index in [2.05, 4.69) is 10.6 Å². The van der Waals surface area contributed by atoms with Crippen LogP contribution in [-0.4, -0.2) is 32.1 Å². The predicted octanol–water partition coefficient (Wildman–Crippen LogP) is -0.551. The highest BCUT2D eigenvalue weighted by atomic mass is 16.2. The van der Waals surface area contributed by atoms with E-state index in [1.54, 1.807) is 7.05 Å². The number of hydrogen-bond donors (Lipinski definition) is 3. The Bertz CT molecular complexity index is 127. The summed E-state index contributed by atoms with van der Waals surface area (Å²) < 4.78 is 0. The molecule has 0 aromatic heterocycles. The monoisotopic (exact) mass is 173 g/mol. The molecule has 72 valence electrons. The summed E-state index contributed by atoms with van der Waals surface area (Å²) in [5.41, 5.74) is 5.35. The smallest absolute Gasteiger partial charge is 0.237 e. The average Bonchev–Trinajstić information content (AvgIpc) is 2.06. The third kappa shape index (κ3) is 4.31. The molecule has 4 N–H and O–H groups in total. The lowest BCUT2D eigenvalue weighted by Gasteiger charge is -2.14. The number of carbonyl (C=O) groups excluding carboxylic acids is 1. The Hall–Kier alpha value is -0.610. The quantitative estimate of drug-likeness (QED) is 0.505. The second-order valence-electron chi connectivity index (χ2n) is 2.67. The largest absolute Gasteiger partial charge is 0.355 e. The number of hydrogen-bond acceptors (Lipinski definition) is 3. The summed E-state index contributed by atoms with van der Waals surface area (Å²) in [6.07, 6.45) is 1.68. The van der Waals surface area contributed by atoms with Crippen molar-refractivity contribution in [1.82, 2.24) is 10.6 Å². The van der Waals surface area contributed by atoms with Gasteiger partial charge in [-0.1, -0.05) is 0 Å². The van der Waals surface area contributed by atoms with Crippen LogP contribution in [0.25, 0.3) is 0 Å². The molecule has 4 heteroatoms. The van der Waals surface area contributed by atoms with Crippen LogP contribution in [0.5, 0.6) is 0 Å². The molecule has 0 aromatic rings. The molecule has 0 aliphatic carbocycles. The van der Waals surface area contributed by atoms with E-state index in [1.807, 2.05) is 6.92 Å². The second kappa shape index (κ2) is 7.06. The molecule has 0 radical (unpaired) electrons. The zero-order valence-electron chi connectivity index (χ0n) is 7.89. The van der Waals surface area contributed by atoms with Crippen molar-refractivity contribution in [3.8, 4) is 0 Å². The number of nitrogens with one attached hydrogen (secondary N) is 2. The summed E-state index contributed by atoms with van der Waals surface area (Å²) in [5, 5.41) is 5.72. The van der Waals surface area contributed by atoms with Crippen LogP contribution >= 0.6 is 0 Å². The molecule has 1 atom stereocenters. The molecule has 0 heterocycles. The van der Waals surface area contributed by atoms with Crippen molar-refractivity contribution in [3.05, 3.63) is 0 Å². The van der Waals surface area contributed by atoms with Crippen molar-refractivity contribution >= 4 is 5.91 Å². The number of rotatable bonds is 6. The zero-order chi connectivity index (χ0) is 9.40. The summed E-state index contributed by atoms with van der Waals surface area (Å²) in [6.45, 7) is 3.23. The van der Waals surface area contributed by atoms with E-state index in [4.69, 9.17) is 5.73 Å². The third-order valence-electron chi connectivity index (χ3n) is 1.71. The van der Waals surface area contributed by atoms with Gasteiger partial charge in [0.1, 0.15) is 0 Å². The van der Waals surface area contributed by atoms with Crippen LogP contribution in [0, 0.1) is 0 Å². The van der Waals surface area contributed by atoms with E-state index >= 15 is 0 Å².